The number of aryl methyl sites for hydroxylation is 3. The summed E-state index contributed by atoms with van der Waals surface area (Å²) < 4.78 is 5.43. The van der Waals surface area contributed by atoms with Crippen LogP contribution in [0.4, 0.5) is 5.69 Å². The Morgan fingerprint density at radius 1 is 1.04 bits per heavy atom. The Kier molecular flexibility index (Phi) is 4.70. The zero-order valence-electron chi connectivity index (χ0n) is 14.7. The van der Waals surface area contributed by atoms with Gasteiger partial charge in [-0.05, 0) is 62.1 Å². The molecule has 128 valence electrons. The van der Waals surface area contributed by atoms with E-state index in [4.69, 9.17) is 4.42 Å². The number of fused-ring (bicyclic) bond motifs is 1. The number of anilines is 1. The van der Waals surface area contributed by atoms with Crippen LogP contribution >= 0.6 is 0 Å². The highest BCUT2D eigenvalue weighted by atomic mass is 16.4. The van der Waals surface area contributed by atoms with E-state index in [2.05, 4.69) is 5.32 Å². The molecule has 0 radical (unpaired) electrons. The molecule has 0 fully saturated rings. The van der Waals surface area contributed by atoms with Gasteiger partial charge in [0.05, 0.1) is 0 Å². The third-order valence-electron chi connectivity index (χ3n) is 4.35. The SMILES string of the molecule is Cc1cccc(NC(=O)CCc2c(C)c3ccc(C)cc3oc2=O)c1. The van der Waals surface area contributed by atoms with Gasteiger partial charge in [-0.3, -0.25) is 4.79 Å². The summed E-state index contributed by atoms with van der Waals surface area (Å²) >= 11 is 0. The maximum Gasteiger partial charge on any atom is 0.339 e. The molecule has 0 aliphatic rings. The lowest BCUT2D eigenvalue weighted by molar-refractivity contribution is -0.116. The van der Waals surface area contributed by atoms with Crippen LogP contribution in [0.5, 0.6) is 0 Å². The van der Waals surface area contributed by atoms with E-state index < -0.39 is 0 Å². The van der Waals surface area contributed by atoms with E-state index in [1.807, 2.05) is 63.2 Å². The molecule has 1 aromatic heterocycles. The van der Waals surface area contributed by atoms with Crippen molar-refractivity contribution in [3.8, 4) is 0 Å². The van der Waals surface area contributed by atoms with Crippen LogP contribution in [0.2, 0.25) is 0 Å². The molecule has 3 aromatic rings. The third kappa shape index (κ3) is 3.79. The van der Waals surface area contributed by atoms with E-state index in [0.29, 0.717) is 17.6 Å². The molecule has 0 saturated carbocycles. The summed E-state index contributed by atoms with van der Waals surface area (Å²) in [6.07, 6.45) is 0.590. The smallest absolute Gasteiger partial charge is 0.339 e. The molecule has 1 amide bonds. The first kappa shape index (κ1) is 17.0. The molecule has 3 rings (SSSR count). The largest absolute Gasteiger partial charge is 0.423 e. The maximum atomic E-state index is 12.3. The van der Waals surface area contributed by atoms with Gasteiger partial charge in [0.25, 0.3) is 0 Å². The number of amides is 1. The summed E-state index contributed by atoms with van der Waals surface area (Å²) in [5.41, 5.74) is 4.57. The van der Waals surface area contributed by atoms with Crippen molar-refractivity contribution < 1.29 is 9.21 Å². The molecule has 0 bridgehead atoms. The van der Waals surface area contributed by atoms with Crippen LogP contribution in [0.25, 0.3) is 11.0 Å². The van der Waals surface area contributed by atoms with Crippen molar-refractivity contribution in [2.45, 2.75) is 33.6 Å². The second-order valence-corrected chi connectivity index (χ2v) is 6.41. The standard InChI is InChI=1S/C21H21NO3/c1-13-5-4-6-16(11-13)22-20(23)10-9-18-15(3)17-8-7-14(2)12-19(17)25-21(18)24/h4-8,11-12H,9-10H2,1-3H3,(H,22,23). The third-order valence-corrected chi connectivity index (χ3v) is 4.35. The van der Waals surface area contributed by atoms with Gasteiger partial charge in [0.2, 0.25) is 5.91 Å². The minimum atomic E-state index is -0.362. The lowest BCUT2D eigenvalue weighted by atomic mass is 10.0. The van der Waals surface area contributed by atoms with Crippen molar-refractivity contribution in [3.05, 3.63) is 75.1 Å². The minimum Gasteiger partial charge on any atom is -0.423 e. The Labute approximate surface area is 146 Å². The summed E-state index contributed by atoms with van der Waals surface area (Å²) in [4.78, 5) is 24.5. The van der Waals surface area contributed by atoms with Crippen LogP contribution < -0.4 is 10.9 Å². The number of rotatable bonds is 4. The van der Waals surface area contributed by atoms with Crippen LogP contribution in [0.15, 0.2) is 51.7 Å². The van der Waals surface area contributed by atoms with Gasteiger partial charge in [-0.15, -0.1) is 0 Å². The Morgan fingerprint density at radius 2 is 1.80 bits per heavy atom. The average molecular weight is 335 g/mol. The number of benzene rings is 2. The van der Waals surface area contributed by atoms with Gasteiger partial charge in [0.1, 0.15) is 5.58 Å². The second kappa shape index (κ2) is 6.93. The van der Waals surface area contributed by atoms with Gasteiger partial charge in [0, 0.05) is 23.1 Å². The van der Waals surface area contributed by atoms with E-state index >= 15 is 0 Å². The number of hydrogen-bond donors (Lipinski definition) is 1. The molecule has 4 heteroatoms. The first-order valence-corrected chi connectivity index (χ1v) is 8.33. The Balaban J connectivity index is 1.78. The lowest BCUT2D eigenvalue weighted by Crippen LogP contribution is -2.16. The maximum absolute atomic E-state index is 12.3. The molecule has 25 heavy (non-hydrogen) atoms. The highest BCUT2D eigenvalue weighted by Gasteiger charge is 2.13. The molecular formula is C21H21NO3. The summed E-state index contributed by atoms with van der Waals surface area (Å²) in [5.74, 6) is -0.117. The summed E-state index contributed by atoms with van der Waals surface area (Å²) in [7, 11) is 0. The second-order valence-electron chi connectivity index (χ2n) is 6.41. The van der Waals surface area contributed by atoms with Crippen molar-refractivity contribution in [3.63, 3.8) is 0 Å². The molecule has 1 heterocycles. The van der Waals surface area contributed by atoms with Crippen molar-refractivity contribution in [2.75, 3.05) is 5.32 Å². The van der Waals surface area contributed by atoms with Gasteiger partial charge < -0.3 is 9.73 Å². The summed E-state index contributed by atoms with van der Waals surface area (Å²) in [6.45, 7) is 5.84. The number of hydrogen-bond acceptors (Lipinski definition) is 3. The molecule has 0 atom stereocenters. The fraction of sp³-hybridized carbons (Fsp3) is 0.238. The molecule has 0 saturated heterocycles. The fourth-order valence-electron chi connectivity index (χ4n) is 2.98. The zero-order valence-corrected chi connectivity index (χ0v) is 14.7. The lowest BCUT2D eigenvalue weighted by Gasteiger charge is -2.09. The normalized spacial score (nSPS) is 10.8. The molecule has 0 aliphatic carbocycles. The van der Waals surface area contributed by atoms with E-state index in [0.717, 1.165) is 27.8 Å². The van der Waals surface area contributed by atoms with E-state index in [1.165, 1.54) is 0 Å². The molecule has 1 N–H and O–H groups in total. The highest BCUT2D eigenvalue weighted by molar-refractivity contribution is 5.91. The summed E-state index contributed by atoms with van der Waals surface area (Å²) in [5, 5.41) is 3.78. The molecule has 0 aliphatic heterocycles. The van der Waals surface area contributed by atoms with Crippen LogP contribution in [-0.4, -0.2) is 5.91 Å². The number of carbonyl (C=O) groups is 1. The first-order chi connectivity index (χ1) is 11.9. The van der Waals surface area contributed by atoms with Gasteiger partial charge in [0.15, 0.2) is 0 Å². The Morgan fingerprint density at radius 3 is 2.56 bits per heavy atom. The van der Waals surface area contributed by atoms with E-state index in [1.54, 1.807) is 0 Å². The molecule has 2 aromatic carbocycles. The minimum absolute atomic E-state index is 0.117. The zero-order chi connectivity index (χ0) is 18.0. The topological polar surface area (TPSA) is 59.3 Å². The van der Waals surface area contributed by atoms with E-state index in [-0.39, 0.29) is 18.0 Å². The number of nitrogens with one attached hydrogen (secondary N) is 1. The van der Waals surface area contributed by atoms with Crippen LogP contribution in [-0.2, 0) is 11.2 Å². The Bertz CT molecular complexity index is 1000. The predicted molar refractivity (Wildman–Crippen MR) is 100 cm³/mol. The van der Waals surface area contributed by atoms with Crippen molar-refractivity contribution in [1.82, 2.24) is 0 Å². The molecule has 4 nitrogen and oxygen atoms in total. The van der Waals surface area contributed by atoms with Crippen molar-refractivity contribution in [2.24, 2.45) is 0 Å². The van der Waals surface area contributed by atoms with Crippen molar-refractivity contribution in [1.29, 1.82) is 0 Å². The van der Waals surface area contributed by atoms with Gasteiger partial charge >= 0.3 is 5.63 Å². The van der Waals surface area contributed by atoms with Gasteiger partial charge in [-0.25, -0.2) is 4.79 Å². The van der Waals surface area contributed by atoms with Crippen LogP contribution in [0, 0.1) is 20.8 Å². The average Bonchev–Trinajstić information content (AvgIpc) is 2.54. The summed E-state index contributed by atoms with van der Waals surface area (Å²) in [6, 6.07) is 13.4. The predicted octanol–water partition coefficient (Wildman–Crippen LogP) is 4.29. The van der Waals surface area contributed by atoms with Crippen LogP contribution in [0.3, 0.4) is 0 Å². The van der Waals surface area contributed by atoms with Gasteiger partial charge in [-0.2, -0.15) is 0 Å². The highest BCUT2D eigenvalue weighted by Crippen LogP contribution is 2.21. The Hall–Kier alpha value is -2.88. The van der Waals surface area contributed by atoms with E-state index in [9.17, 15) is 9.59 Å². The molecule has 0 spiro atoms. The first-order valence-electron chi connectivity index (χ1n) is 8.33. The van der Waals surface area contributed by atoms with Crippen LogP contribution in [0.1, 0.15) is 28.7 Å². The van der Waals surface area contributed by atoms with Gasteiger partial charge in [-0.1, -0.05) is 24.3 Å². The molecular weight excluding hydrogens is 314 g/mol. The van der Waals surface area contributed by atoms with Crippen molar-refractivity contribution >= 4 is 22.6 Å². The monoisotopic (exact) mass is 335 g/mol. The fourth-order valence-corrected chi connectivity index (χ4v) is 2.98. The quantitative estimate of drug-likeness (QED) is 0.724. The number of carbonyl (C=O) groups excluding carboxylic acids is 1. The molecule has 0 unspecified atom stereocenters.